The molecule has 0 radical (unpaired) electrons. The quantitative estimate of drug-likeness (QED) is 0.910. The van der Waals surface area contributed by atoms with E-state index in [0.717, 1.165) is 25.0 Å². The minimum Gasteiger partial charge on any atom is -0.486 e. The molecule has 0 aliphatic carbocycles. The monoisotopic (exact) mass is 318 g/mol. The zero-order valence-corrected chi connectivity index (χ0v) is 13.1. The molecule has 6 heteroatoms. The number of hydrogen-bond acceptors (Lipinski definition) is 4. The Labute approximate surface area is 135 Å². The molecule has 1 fully saturated rings. The van der Waals surface area contributed by atoms with E-state index in [1.807, 2.05) is 24.3 Å². The second kappa shape index (κ2) is 7.35. The molecule has 2 heterocycles. The Morgan fingerprint density at radius 3 is 2.91 bits per heavy atom. The molecule has 1 atom stereocenters. The van der Waals surface area contributed by atoms with Crippen molar-refractivity contribution in [3.8, 4) is 11.5 Å². The number of fused-ring (bicyclic) bond motifs is 1. The van der Waals surface area contributed by atoms with E-state index in [4.69, 9.17) is 9.47 Å². The fourth-order valence-corrected chi connectivity index (χ4v) is 2.83. The van der Waals surface area contributed by atoms with Gasteiger partial charge in [-0.1, -0.05) is 18.6 Å². The second-order valence-corrected chi connectivity index (χ2v) is 5.93. The average Bonchev–Trinajstić information content (AvgIpc) is 2.77. The van der Waals surface area contributed by atoms with Crippen LogP contribution in [0.2, 0.25) is 0 Å². The number of amides is 2. The Morgan fingerprint density at radius 1 is 1.22 bits per heavy atom. The maximum Gasteiger partial charge on any atom is 0.239 e. The van der Waals surface area contributed by atoms with Crippen molar-refractivity contribution >= 4 is 11.8 Å². The van der Waals surface area contributed by atoms with Crippen LogP contribution in [0.3, 0.4) is 0 Å². The first kappa shape index (κ1) is 15.6. The average molecular weight is 318 g/mol. The first-order valence-electron chi connectivity index (χ1n) is 8.15. The summed E-state index contributed by atoms with van der Waals surface area (Å²) in [5.41, 5.74) is 0. The van der Waals surface area contributed by atoms with Gasteiger partial charge in [0.15, 0.2) is 11.5 Å². The van der Waals surface area contributed by atoms with Crippen LogP contribution in [0.4, 0.5) is 0 Å². The van der Waals surface area contributed by atoms with Gasteiger partial charge in [0.2, 0.25) is 11.8 Å². The van der Waals surface area contributed by atoms with E-state index >= 15 is 0 Å². The van der Waals surface area contributed by atoms with Gasteiger partial charge in [-0.2, -0.15) is 0 Å². The Bertz CT molecular complexity index is 575. The number of benzene rings is 1. The molecular weight excluding hydrogens is 296 g/mol. The molecule has 0 bridgehead atoms. The van der Waals surface area contributed by atoms with Gasteiger partial charge in [-0.05, 0) is 25.0 Å². The molecule has 2 aliphatic rings. The minimum absolute atomic E-state index is 0.0730. The summed E-state index contributed by atoms with van der Waals surface area (Å²) in [5, 5.41) is 2.83. The van der Waals surface area contributed by atoms with Crippen LogP contribution in [0.15, 0.2) is 24.3 Å². The fourth-order valence-electron chi connectivity index (χ4n) is 2.83. The summed E-state index contributed by atoms with van der Waals surface area (Å²) in [6.45, 7) is 1.57. The van der Waals surface area contributed by atoms with E-state index in [-0.39, 0.29) is 24.5 Å². The van der Waals surface area contributed by atoms with Crippen LogP contribution in [-0.2, 0) is 9.59 Å². The molecular formula is C17H22N2O4. The van der Waals surface area contributed by atoms with Crippen molar-refractivity contribution in [2.75, 3.05) is 26.2 Å². The number of rotatable bonds is 4. The fraction of sp³-hybridized carbons (Fsp3) is 0.529. The maximum absolute atomic E-state index is 12.1. The van der Waals surface area contributed by atoms with E-state index in [1.165, 1.54) is 0 Å². The van der Waals surface area contributed by atoms with Crippen molar-refractivity contribution in [2.45, 2.75) is 31.8 Å². The molecule has 124 valence electrons. The number of carbonyl (C=O) groups is 2. The van der Waals surface area contributed by atoms with Gasteiger partial charge < -0.3 is 19.7 Å². The topological polar surface area (TPSA) is 67.9 Å². The molecule has 0 aromatic heterocycles. The largest absolute Gasteiger partial charge is 0.486 e. The van der Waals surface area contributed by atoms with Crippen LogP contribution in [-0.4, -0.2) is 49.1 Å². The van der Waals surface area contributed by atoms with Gasteiger partial charge in [-0.3, -0.25) is 9.59 Å². The highest BCUT2D eigenvalue weighted by molar-refractivity contribution is 5.84. The Hall–Kier alpha value is -2.24. The van der Waals surface area contributed by atoms with Gasteiger partial charge in [0.05, 0.1) is 13.1 Å². The third kappa shape index (κ3) is 4.15. The predicted octanol–water partition coefficient (Wildman–Crippen LogP) is 1.35. The highest BCUT2D eigenvalue weighted by Crippen LogP contribution is 2.30. The molecule has 23 heavy (non-hydrogen) atoms. The van der Waals surface area contributed by atoms with Gasteiger partial charge in [0.1, 0.15) is 12.7 Å². The zero-order valence-electron chi connectivity index (χ0n) is 13.1. The van der Waals surface area contributed by atoms with Gasteiger partial charge in [-0.15, -0.1) is 0 Å². The molecule has 0 spiro atoms. The van der Waals surface area contributed by atoms with E-state index in [9.17, 15) is 9.59 Å². The lowest BCUT2D eigenvalue weighted by molar-refractivity contribution is -0.135. The van der Waals surface area contributed by atoms with Crippen molar-refractivity contribution in [1.29, 1.82) is 0 Å². The minimum atomic E-state index is -0.214. The first-order valence-corrected chi connectivity index (χ1v) is 8.15. The highest BCUT2D eigenvalue weighted by atomic mass is 16.6. The van der Waals surface area contributed by atoms with Crippen molar-refractivity contribution in [3.05, 3.63) is 24.3 Å². The summed E-state index contributed by atoms with van der Waals surface area (Å²) in [7, 11) is 0. The molecule has 1 aromatic carbocycles. The van der Waals surface area contributed by atoms with Crippen LogP contribution in [0.25, 0.3) is 0 Å². The van der Waals surface area contributed by atoms with Crippen molar-refractivity contribution in [1.82, 2.24) is 10.2 Å². The first-order chi connectivity index (χ1) is 11.2. The number of nitrogens with zero attached hydrogens (tertiary/aromatic N) is 1. The molecule has 3 rings (SSSR count). The summed E-state index contributed by atoms with van der Waals surface area (Å²) in [5.74, 6) is 1.34. The van der Waals surface area contributed by atoms with E-state index in [1.54, 1.807) is 4.90 Å². The number of ether oxygens (including phenoxy) is 2. The Kier molecular flexibility index (Phi) is 5.00. The number of para-hydroxylation sites is 2. The Balaban J connectivity index is 1.45. The third-order valence-corrected chi connectivity index (χ3v) is 4.10. The summed E-state index contributed by atoms with van der Waals surface area (Å²) >= 11 is 0. The number of likely N-dealkylation sites (tertiary alicyclic amines) is 1. The number of carbonyl (C=O) groups excluding carboxylic acids is 2. The zero-order chi connectivity index (χ0) is 16.1. The smallest absolute Gasteiger partial charge is 0.239 e. The number of hydrogen-bond donors (Lipinski definition) is 1. The third-order valence-electron chi connectivity index (χ3n) is 4.10. The molecule has 1 saturated heterocycles. The molecule has 1 unspecified atom stereocenters. The summed E-state index contributed by atoms with van der Waals surface area (Å²) in [6.07, 6.45) is 3.27. The SMILES string of the molecule is O=C(CN1CCCCCC1=O)NCC1COc2ccccc2O1. The van der Waals surface area contributed by atoms with Crippen LogP contribution < -0.4 is 14.8 Å². The molecule has 1 N–H and O–H groups in total. The summed E-state index contributed by atoms with van der Waals surface area (Å²) < 4.78 is 11.4. The Morgan fingerprint density at radius 2 is 2.04 bits per heavy atom. The standard InChI is InChI=1S/C17H22N2O4/c20-16(11-19-9-5-1-2-8-17(19)21)18-10-13-12-22-14-6-3-4-7-15(14)23-13/h3-4,6-7,13H,1-2,5,8-12H2,(H,18,20). The van der Waals surface area contributed by atoms with E-state index in [0.29, 0.717) is 31.9 Å². The maximum atomic E-state index is 12.1. The van der Waals surface area contributed by atoms with Crippen LogP contribution in [0.1, 0.15) is 25.7 Å². The molecule has 1 aromatic rings. The molecule has 0 saturated carbocycles. The summed E-state index contributed by atoms with van der Waals surface area (Å²) in [6, 6.07) is 7.48. The van der Waals surface area contributed by atoms with Crippen molar-refractivity contribution in [3.63, 3.8) is 0 Å². The highest BCUT2D eigenvalue weighted by Gasteiger charge is 2.23. The lowest BCUT2D eigenvalue weighted by Crippen LogP contribution is -2.45. The predicted molar refractivity (Wildman–Crippen MR) is 84.4 cm³/mol. The lowest BCUT2D eigenvalue weighted by atomic mass is 10.2. The van der Waals surface area contributed by atoms with Crippen LogP contribution in [0, 0.1) is 0 Å². The molecule has 2 amide bonds. The second-order valence-electron chi connectivity index (χ2n) is 5.93. The van der Waals surface area contributed by atoms with Crippen molar-refractivity contribution < 1.29 is 19.1 Å². The van der Waals surface area contributed by atoms with Gasteiger partial charge in [0, 0.05) is 13.0 Å². The number of nitrogens with one attached hydrogen (secondary N) is 1. The van der Waals surface area contributed by atoms with Gasteiger partial charge >= 0.3 is 0 Å². The summed E-state index contributed by atoms with van der Waals surface area (Å²) in [4.78, 5) is 25.6. The van der Waals surface area contributed by atoms with Crippen LogP contribution in [0.5, 0.6) is 11.5 Å². The van der Waals surface area contributed by atoms with Crippen molar-refractivity contribution in [2.24, 2.45) is 0 Å². The normalized spacial score (nSPS) is 20.8. The van der Waals surface area contributed by atoms with Crippen LogP contribution >= 0.6 is 0 Å². The molecule has 2 aliphatic heterocycles. The van der Waals surface area contributed by atoms with Gasteiger partial charge in [0.25, 0.3) is 0 Å². The van der Waals surface area contributed by atoms with E-state index in [2.05, 4.69) is 5.32 Å². The lowest BCUT2D eigenvalue weighted by Gasteiger charge is -2.27. The van der Waals surface area contributed by atoms with E-state index < -0.39 is 0 Å². The molecule has 6 nitrogen and oxygen atoms in total. The van der Waals surface area contributed by atoms with Gasteiger partial charge in [-0.25, -0.2) is 0 Å².